The van der Waals surface area contributed by atoms with E-state index in [1.54, 1.807) is 24.3 Å². The molecule has 5 N–H and O–H groups in total. The number of rotatable bonds is 11. The van der Waals surface area contributed by atoms with E-state index >= 15 is 0 Å². The van der Waals surface area contributed by atoms with Crippen molar-refractivity contribution in [3.63, 3.8) is 0 Å². The fourth-order valence-electron chi connectivity index (χ4n) is 3.96. The number of aliphatic hydroxyl groups is 1. The number of hydrogen-bond acceptors (Lipinski definition) is 5. The van der Waals surface area contributed by atoms with Gasteiger partial charge in [-0.3, -0.25) is 4.79 Å². The van der Waals surface area contributed by atoms with Crippen LogP contribution in [0.3, 0.4) is 0 Å². The van der Waals surface area contributed by atoms with Crippen LogP contribution in [0.15, 0.2) is 79.0 Å². The first-order chi connectivity index (χ1) is 16.8. The molecule has 0 fully saturated rings. The molecule has 35 heavy (non-hydrogen) atoms. The summed E-state index contributed by atoms with van der Waals surface area (Å²) in [6.45, 7) is 4.79. The minimum atomic E-state index is -0.649. The summed E-state index contributed by atoms with van der Waals surface area (Å²) in [6.07, 6.45) is 1.97. The number of nitrogens with one attached hydrogen (secondary N) is 2. The molecule has 1 amide bonds. The predicted molar refractivity (Wildman–Crippen MR) is 137 cm³/mol. The number of benzene rings is 3. The van der Waals surface area contributed by atoms with E-state index < -0.39 is 12.0 Å². The van der Waals surface area contributed by atoms with Crippen molar-refractivity contribution in [1.29, 1.82) is 0 Å². The van der Waals surface area contributed by atoms with Gasteiger partial charge < -0.3 is 30.6 Å². The number of fused-ring (bicyclic) bond motifs is 1. The number of primary amides is 1. The topological polar surface area (TPSA) is 110 Å². The Morgan fingerprint density at radius 1 is 1.03 bits per heavy atom. The molecule has 3 aromatic carbocycles. The normalized spacial score (nSPS) is 12.4. The SMILES string of the molecule is CC(C)(Cc1ccc(Oc2ccccc2C(N)=O)cc1)NC[C@H](O)COc1cccc2[nH]ccc12. The lowest BCUT2D eigenvalue weighted by atomic mass is 9.94. The molecule has 1 heterocycles. The van der Waals surface area contributed by atoms with Crippen LogP contribution >= 0.6 is 0 Å². The molecule has 0 unspecified atom stereocenters. The van der Waals surface area contributed by atoms with Crippen LogP contribution in [0, 0.1) is 0 Å². The highest BCUT2D eigenvalue weighted by atomic mass is 16.5. The number of ether oxygens (including phenoxy) is 2. The van der Waals surface area contributed by atoms with Crippen molar-refractivity contribution in [2.75, 3.05) is 13.2 Å². The fraction of sp³-hybridized carbons (Fsp3) is 0.250. The van der Waals surface area contributed by atoms with Crippen LogP contribution in [0.1, 0.15) is 29.8 Å². The van der Waals surface area contributed by atoms with Crippen molar-refractivity contribution < 1.29 is 19.4 Å². The van der Waals surface area contributed by atoms with Gasteiger partial charge in [-0.25, -0.2) is 0 Å². The lowest BCUT2D eigenvalue weighted by Gasteiger charge is -2.28. The second-order valence-corrected chi connectivity index (χ2v) is 9.21. The maximum absolute atomic E-state index is 11.6. The second kappa shape index (κ2) is 10.6. The Labute approximate surface area is 204 Å². The number of H-pyrrole nitrogens is 1. The van der Waals surface area contributed by atoms with Gasteiger partial charge in [0.25, 0.3) is 5.91 Å². The first kappa shape index (κ1) is 24.3. The molecule has 0 aliphatic rings. The van der Waals surface area contributed by atoms with E-state index in [1.165, 1.54) is 0 Å². The van der Waals surface area contributed by atoms with E-state index in [1.807, 2.05) is 54.7 Å². The number of carbonyl (C=O) groups excluding carboxylic acids is 1. The number of amides is 1. The Morgan fingerprint density at radius 2 is 1.77 bits per heavy atom. The summed E-state index contributed by atoms with van der Waals surface area (Å²) in [5, 5.41) is 14.9. The van der Waals surface area contributed by atoms with Crippen molar-refractivity contribution in [2.24, 2.45) is 5.73 Å². The highest BCUT2D eigenvalue weighted by Crippen LogP contribution is 2.26. The zero-order valence-corrected chi connectivity index (χ0v) is 20.0. The van der Waals surface area contributed by atoms with Gasteiger partial charge in [0.1, 0.15) is 30.0 Å². The molecular weight excluding hydrogens is 442 g/mol. The molecular formula is C28H31N3O4. The average molecular weight is 474 g/mol. The largest absolute Gasteiger partial charge is 0.490 e. The van der Waals surface area contributed by atoms with Crippen molar-refractivity contribution in [3.8, 4) is 17.2 Å². The molecule has 0 saturated carbocycles. The van der Waals surface area contributed by atoms with Crippen LogP contribution < -0.4 is 20.5 Å². The maximum Gasteiger partial charge on any atom is 0.252 e. The van der Waals surface area contributed by atoms with Crippen LogP contribution in [0.5, 0.6) is 17.2 Å². The van der Waals surface area contributed by atoms with Gasteiger partial charge in [-0.1, -0.05) is 30.3 Å². The van der Waals surface area contributed by atoms with Crippen molar-refractivity contribution in [2.45, 2.75) is 31.9 Å². The molecule has 7 heteroatoms. The summed E-state index contributed by atoms with van der Waals surface area (Å²) in [5.74, 6) is 1.28. The van der Waals surface area contributed by atoms with Crippen molar-refractivity contribution >= 4 is 16.8 Å². The Kier molecular flexibility index (Phi) is 7.39. The Balaban J connectivity index is 1.28. The van der Waals surface area contributed by atoms with E-state index in [0.717, 1.165) is 28.6 Å². The van der Waals surface area contributed by atoms with Crippen molar-refractivity contribution in [1.82, 2.24) is 10.3 Å². The molecule has 182 valence electrons. The standard InChI is InChI=1S/C28H31N3O4/c1-28(2,31-17-20(32)18-34-25-9-5-7-24-22(25)14-15-30-24)16-19-10-12-21(13-11-19)35-26-8-4-3-6-23(26)27(29)33/h3-15,20,30-32H,16-18H2,1-2H3,(H2,29,33)/t20-/m0/s1. The van der Waals surface area contributed by atoms with Gasteiger partial charge in [0.05, 0.1) is 5.56 Å². The van der Waals surface area contributed by atoms with E-state index in [4.69, 9.17) is 15.2 Å². The molecule has 7 nitrogen and oxygen atoms in total. The number of aromatic amines is 1. The van der Waals surface area contributed by atoms with Crippen LogP contribution in [0.2, 0.25) is 0 Å². The van der Waals surface area contributed by atoms with Crippen LogP contribution in [-0.4, -0.2) is 40.8 Å². The first-order valence-corrected chi connectivity index (χ1v) is 11.6. The average Bonchev–Trinajstić information content (AvgIpc) is 3.32. The Bertz CT molecular complexity index is 1280. The lowest BCUT2D eigenvalue weighted by molar-refractivity contribution is 0.0995. The number of hydrogen-bond donors (Lipinski definition) is 4. The van der Waals surface area contributed by atoms with Gasteiger partial charge in [0.2, 0.25) is 0 Å². The minimum absolute atomic E-state index is 0.201. The minimum Gasteiger partial charge on any atom is -0.490 e. The third-order valence-corrected chi connectivity index (χ3v) is 5.75. The van der Waals surface area contributed by atoms with E-state index in [-0.39, 0.29) is 12.1 Å². The second-order valence-electron chi connectivity index (χ2n) is 9.21. The number of carbonyl (C=O) groups is 1. The van der Waals surface area contributed by atoms with Gasteiger partial charge in [0.15, 0.2) is 0 Å². The monoisotopic (exact) mass is 473 g/mol. The lowest BCUT2D eigenvalue weighted by Crippen LogP contribution is -2.46. The summed E-state index contributed by atoms with van der Waals surface area (Å²) in [5.41, 5.74) is 7.64. The van der Waals surface area contributed by atoms with Crippen LogP contribution in [-0.2, 0) is 6.42 Å². The summed E-state index contributed by atoms with van der Waals surface area (Å²) >= 11 is 0. The molecule has 0 spiro atoms. The number of β-amino-alcohol motifs (C(OH)–C–C–N with tert-alkyl or cyclic N) is 1. The smallest absolute Gasteiger partial charge is 0.252 e. The van der Waals surface area contributed by atoms with Gasteiger partial charge >= 0.3 is 0 Å². The maximum atomic E-state index is 11.6. The van der Waals surface area contributed by atoms with Crippen LogP contribution in [0.4, 0.5) is 0 Å². The van der Waals surface area contributed by atoms with Gasteiger partial charge in [0, 0.05) is 29.2 Å². The molecule has 0 aliphatic heterocycles. The van der Waals surface area contributed by atoms with Crippen molar-refractivity contribution in [3.05, 3.63) is 90.1 Å². The zero-order chi connectivity index (χ0) is 24.8. The zero-order valence-electron chi connectivity index (χ0n) is 20.0. The first-order valence-electron chi connectivity index (χ1n) is 11.6. The summed E-state index contributed by atoms with van der Waals surface area (Å²) in [7, 11) is 0. The third kappa shape index (κ3) is 6.41. The van der Waals surface area contributed by atoms with E-state index in [0.29, 0.717) is 23.6 Å². The predicted octanol–water partition coefficient (Wildman–Crippen LogP) is 4.41. The molecule has 4 aromatic rings. The molecule has 4 rings (SSSR count). The summed E-state index contributed by atoms with van der Waals surface area (Å²) in [6, 6.07) is 22.4. The third-order valence-electron chi connectivity index (χ3n) is 5.75. The molecule has 0 aliphatic carbocycles. The fourth-order valence-corrected chi connectivity index (χ4v) is 3.96. The molecule has 0 bridgehead atoms. The molecule has 1 atom stereocenters. The van der Waals surface area contributed by atoms with Crippen LogP contribution in [0.25, 0.3) is 10.9 Å². The van der Waals surface area contributed by atoms with Gasteiger partial charge in [-0.15, -0.1) is 0 Å². The summed E-state index contributed by atoms with van der Waals surface area (Å²) < 4.78 is 11.7. The highest BCUT2D eigenvalue weighted by Gasteiger charge is 2.20. The number of aliphatic hydroxyl groups excluding tert-OH is 1. The Morgan fingerprint density at radius 3 is 2.54 bits per heavy atom. The Hall–Kier alpha value is -3.81. The van der Waals surface area contributed by atoms with E-state index in [2.05, 4.69) is 24.1 Å². The van der Waals surface area contributed by atoms with Gasteiger partial charge in [-0.05, 0) is 68.3 Å². The molecule has 0 radical (unpaired) electrons. The van der Waals surface area contributed by atoms with Gasteiger partial charge in [-0.2, -0.15) is 0 Å². The number of para-hydroxylation sites is 1. The number of aromatic nitrogens is 1. The highest BCUT2D eigenvalue weighted by molar-refractivity contribution is 5.95. The molecule has 0 saturated heterocycles. The number of nitrogens with two attached hydrogens (primary N) is 1. The molecule has 1 aromatic heterocycles. The quantitative estimate of drug-likeness (QED) is 0.258. The van der Waals surface area contributed by atoms with E-state index in [9.17, 15) is 9.90 Å². The summed E-state index contributed by atoms with van der Waals surface area (Å²) in [4.78, 5) is 14.8.